The van der Waals surface area contributed by atoms with Crippen molar-refractivity contribution in [3.63, 3.8) is 0 Å². The second-order valence-electron chi connectivity index (χ2n) is 6.69. The van der Waals surface area contributed by atoms with E-state index in [1.165, 1.54) is 43.0 Å². The summed E-state index contributed by atoms with van der Waals surface area (Å²) >= 11 is 0. The number of hydrogen-bond donors (Lipinski definition) is 1. The maximum atomic E-state index is 12.6. The Hall–Kier alpha value is -3.66. The van der Waals surface area contributed by atoms with Crippen molar-refractivity contribution < 1.29 is 27.5 Å². The molecule has 0 saturated heterocycles. The molecule has 3 aromatic rings. The molecule has 162 valence electrons. The molecule has 0 fully saturated rings. The van der Waals surface area contributed by atoms with Gasteiger partial charge in [-0.05, 0) is 43.3 Å². The second-order valence-corrected chi connectivity index (χ2v) is 8.44. The summed E-state index contributed by atoms with van der Waals surface area (Å²) in [5, 5.41) is 4.22. The van der Waals surface area contributed by atoms with Crippen molar-refractivity contribution in [1.29, 1.82) is 0 Å². The van der Waals surface area contributed by atoms with Gasteiger partial charge in [-0.2, -0.15) is 5.10 Å². The molecule has 0 spiro atoms. The Morgan fingerprint density at radius 3 is 2.29 bits per heavy atom. The van der Waals surface area contributed by atoms with Crippen molar-refractivity contribution >= 4 is 27.5 Å². The Balaban J connectivity index is 1.73. The van der Waals surface area contributed by atoms with Crippen LogP contribution in [0.3, 0.4) is 0 Å². The molecular weight excluding hydrogens is 422 g/mol. The maximum Gasteiger partial charge on any atom is 0.363 e. The number of rotatable bonds is 8. The SMILES string of the molecule is COc1cn(-c2ccccc2)nc1C(=O)O[C@@H](C)C(=O)c1ccc(NS(C)(=O)=O)cc1. The Bertz CT molecular complexity index is 1190. The molecule has 0 amide bonds. The normalized spacial score (nSPS) is 12.1. The smallest absolute Gasteiger partial charge is 0.363 e. The molecular formula is C21H21N3O6S. The van der Waals surface area contributed by atoms with Crippen LogP contribution >= 0.6 is 0 Å². The third kappa shape index (κ3) is 5.48. The number of carbonyl (C=O) groups is 2. The molecule has 0 radical (unpaired) electrons. The van der Waals surface area contributed by atoms with Gasteiger partial charge in [-0.1, -0.05) is 18.2 Å². The lowest BCUT2D eigenvalue weighted by molar-refractivity contribution is 0.0310. The summed E-state index contributed by atoms with van der Waals surface area (Å²) in [5.41, 5.74) is 1.26. The standard InChI is InChI=1S/C21H21N3O6S/c1-14(20(25)15-9-11-16(12-10-15)23-31(3,27)28)30-21(26)19-18(29-2)13-24(22-19)17-7-5-4-6-8-17/h4-14,23H,1-3H3/t14-/m0/s1. The topological polar surface area (TPSA) is 117 Å². The van der Waals surface area contributed by atoms with Crippen molar-refractivity contribution in [3.8, 4) is 11.4 Å². The third-order valence-electron chi connectivity index (χ3n) is 4.24. The van der Waals surface area contributed by atoms with Crippen LogP contribution in [0.2, 0.25) is 0 Å². The van der Waals surface area contributed by atoms with Crippen LogP contribution in [-0.2, 0) is 14.8 Å². The fourth-order valence-electron chi connectivity index (χ4n) is 2.78. The summed E-state index contributed by atoms with van der Waals surface area (Å²) in [6.45, 7) is 1.45. The van der Waals surface area contributed by atoms with E-state index in [0.29, 0.717) is 5.69 Å². The van der Waals surface area contributed by atoms with E-state index in [4.69, 9.17) is 9.47 Å². The van der Waals surface area contributed by atoms with E-state index in [2.05, 4.69) is 9.82 Å². The molecule has 3 rings (SSSR count). The average Bonchev–Trinajstić information content (AvgIpc) is 3.18. The van der Waals surface area contributed by atoms with Gasteiger partial charge >= 0.3 is 5.97 Å². The average molecular weight is 443 g/mol. The first-order valence-corrected chi connectivity index (χ1v) is 11.1. The van der Waals surface area contributed by atoms with Gasteiger partial charge in [0.25, 0.3) is 0 Å². The van der Waals surface area contributed by atoms with Crippen molar-refractivity contribution in [2.45, 2.75) is 13.0 Å². The van der Waals surface area contributed by atoms with E-state index in [1.807, 2.05) is 30.3 Å². The number of sulfonamides is 1. The quantitative estimate of drug-likeness (QED) is 0.420. The molecule has 1 heterocycles. The molecule has 1 N–H and O–H groups in total. The summed E-state index contributed by atoms with van der Waals surface area (Å²) < 4.78 is 36.9. The number of nitrogens with zero attached hydrogens (tertiary/aromatic N) is 2. The minimum Gasteiger partial charge on any atom is -0.493 e. The van der Waals surface area contributed by atoms with Crippen LogP contribution in [0, 0.1) is 0 Å². The zero-order valence-electron chi connectivity index (χ0n) is 17.1. The monoisotopic (exact) mass is 443 g/mol. The zero-order chi connectivity index (χ0) is 22.6. The number of Topliss-reactive ketones (excluding diaryl/α,β-unsaturated/α-hetero) is 1. The van der Waals surface area contributed by atoms with Crippen LogP contribution in [0.5, 0.6) is 5.75 Å². The number of hydrogen-bond acceptors (Lipinski definition) is 7. The molecule has 0 bridgehead atoms. The summed E-state index contributed by atoms with van der Waals surface area (Å²) in [4.78, 5) is 25.2. The summed E-state index contributed by atoms with van der Waals surface area (Å²) in [6.07, 6.45) is 1.49. The number of benzene rings is 2. The Morgan fingerprint density at radius 2 is 1.71 bits per heavy atom. The highest BCUT2D eigenvalue weighted by molar-refractivity contribution is 7.92. The fraction of sp³-hybridized carbons (Fsp3) is 0.190. The van der Waals surface area contributed by atoms with Crippen LogP contribution in [0.25, 0.3) is 5.69 Å². The number of ether oxygens (including phenoxy) is 2. The molecule has 0 aliphatic rings. The van der Waals surface area contributed by atoms with E-state index >= 15 is 0 Å². The summed E-state index contributed by atoms with van der Waals surface area (Å²) in [5.74, 6) is -1.03. The molecule has 1 aromatic heterocycles. The lowest BCUT2D eigenvalue weighted by Crippen LogP contribution is -2.25. The molecule has 10 heteroatoms. The highest BCUT2D eigenvalue weighted by Crippen LogP contribution is 2.21. The van der Waals surface area contributed by atoms with Gasteiger partial charge in [0.05, 0.1) is 25.2 Å². The highest BCUT2D eigenvalue weighted by atomic mass is 32.2. The van der Waals surface area contributed by atoms with E-state index in [9.17, 15) is 18.0 Å². The van der Waals surface area contributed by atoms with Crippen LogP contribution in [-0.4, -0.2) is 49.4 Å². The number of anilines is 1. The number of nitrogens with one attached hydrogen (secondary N) is 1. The minimum atomic E-state index is -3.42. The van der Waals surface area contributed by atoms with Crippen LogP contribution in [0.1, 0.15) is 27.8 Å². The van der Waals surface area contributed by atoms with Crippen molar-refractivity contribution in [2.75, 3.05) is 18.1 Å². The Morgan fingerprint density at radius 1 is 1.06 bits per heavy atom. The van der Waals surface area contributed by atoms with E-state index in [0.717, 1.165) is 11.9 Å². The maximum absolute atomic E-state index is 12.6. The number of aromatic nitrogens is 2. The molecule has 2 aromatic carbocycles. The van der Waals surface area contributed by atoms with Crippen LogP contribution in [0.15, 0.2) is 60.8 Å². The largest absolute Gasteiger partial charge is 0.493 e. The molecule has 1 atom stereocenters. The van der Waals surface area contributed by atoms with Gasteiger partial charge in [-0.3, -0.25) is 9.52 Å². The van der Waals surface area contributed by atoms with E-state index < -0.39 is 27.9 Å². The number of methoxy groups -OCH3 is 1. The molecule has 0 aliphatic heterocycles. The fourth-order valence-corrected chi connectivity index (χ4v) is 3.35. The lowest BCUT2D eigenvalue weighted by atomic mass is 10.1. The van der Waals surface area contributed by atoms with Gasteiger partial charge in [0, 0.05) is 11.3 Å². The van der Waals surface area contributed by atoms with Gasteiger partial charge in [0.15, 0.2) is 11.9 Å². The highest BCUT2D eigenvalue weighted by Gasteiger charge is 2.25. The number of ketones is 1. The predicted octanol–water partition coefficient (Wildman–Crippen LogP) is 2.68. The summed E-state index contributed by atoms with van der Waals surface area (Å²) in [6, 6.07) is 15.0. The third-order valence-corrected chi connectivity index (χ3v) is 4.85. The number of esters is 1. The lowest BCUT2D eigenvalue weighted by Gasteiger charge is -2.12. The van der Waals surface area contributed by atoms with E-state index in [-0.39, 0.29) is 17.0 Å². The van der Waals surface area contributed by atoms with E-state index in [1.54, 1.807) is 6.20 Å². The molecule has 9 nitrogen and oxygen atoms in total. The summed E-state index contributed by atoms with van der Waals surface area (Å²) in [7, 11) is -2.02. The first kappa shape index (κ1) is 22.0. The van der Waals surface area contributed by atoms with Crippen LogP contribution < -0.4 is 9.46 Å². The predicted molar refractivity (Wildman–Crippen MR) is 114 cm³/mol. The van der Waals surface area contributed by atoms with Crippen molar-refractivity contribution in [2.24, 2.45) is 0 Å². The molecule has 0 saturated carbocycles. The van der Waals surface area contributed by atoms with Gasteiger partial charge < -0.3 is 9.47 Å². The number of carbonyl (C=O) groups excluding carboxylic acids is 2. The zero-order valence-corrected chi connectivity index (χ0v) is 17.9. The Labute approximate surface area is 179 Å². The minimum absolute atomic E-state index is 0.0568. The molecule has 0 unspecified atom stereocenters. The number of para-hydroxylation sites is 1. The second kappa shape index (κ2) is 9.00. The molecule has 31 heavy (non-hydrogen) atoms. The van der Waals surface area contributed by atoms with Gasteiger partial charge in [0.2, 0.25) is 21.5 Å². The Kier molecular flexibility index (Phi) is 6.40. The molecule has 0 aliphatic carbocycles. The van der Waals surface area contributed by atoms with Crippen molar-refractivity contribution in [3.05, 3.63) is 72.1 Å². The van der Waals surface area contributed by atoms with Crippen LogP contribution in [0.4, 0.5) is 5.69 Å². The van der Waals surface area contributed by atoms with Gasteiger partial charge in [-0.25, -0.2) is 17.9 Å². The first-order chi connectivity index (χ1) is 14.7. The first-order valence-electron chi connectivity index (χ1n) is 9.20. The van der Waals surface area contributed by atoms with Crippen molar-refractivity contribution in [1.82, 2.24) is 9.78 Å². The van der Waals surface area contributed by atoms with Gasteiger partial charge in [0.1, 0.15) is 0 Å². The van der Waals surface area contributed by atoms with Gasteiger partial charge in [-0.15, -0.1) is 0 Å².